The summed E-state index contributed by atoms with van der Waals surface area (Å²) in [5, 5.41) is 5.93. The van der Waals surface area contributed by atoms with Crippen molar-refractivity contribution in [2.45, 2.75) is 45.2 Å². The predicted molar refractivity (Wildman–Crippen MR) is 111 cm³/mol. The number of benzene rings is 1. The van der Waals surface area contributed by atoms with Crippen LogP contribution in [0, 0.1) is 5.92 Å². The fraction of sp³-hybridized carbons (Fsp3) is 0.591. The van der Waals surface area contributed by atoms with Crippen LogP contribution in [0.2, 0.25) is 0 Å². The molecule has 29 heavy (non-hydrogen) atoms. The van der Waals surface area contributed by atoms with Gasteiger partial charge in [-0.3, -0.25) is 19.3 Å². The van der Waals surface area contributed by atoms with Crippen molar-refractivity contribution < 1.29 is 14.4 Å². The van der Waals surface area contributed by atoms with Crippen molar-refractivity contribution in [2.75, 3.05) is 32.7 Å². The van der Waals surface area contributed by atoms with Gasteiger partial charge in [0, 0.05) is 32.2 Å². The van der Waals surface area contributed by atoms with Crippen LogP contribution < -0.4 is 10.6 Å². The molecule has 158 valence electrons. The van der Waals surface area contributed by atoms with E-state index in [2.05, 4.69) is 15.5 Å². The second kappa shape index (κ2) is 9.87. The Morgan fingerprint density at radius 3 is 2.24 bits per heavy atom. The molecule has 2 fully saturated rings. The summed E-state index contributed by atoms with van der Waals surface area (Å²) in [6.45, 7) is 6.79. The lowest BCUT2D eigenvalue weighted by molar-refractivity contribution is -0.139. The zero-order valence-electron chi connectivity index (χ0n) is 17.4. The molecule has 7 heteroatoms. The normalized spacial score (nSPS) is 18.4. The van der Waals surface area contributed by atoms with Crippen LogP contribution in [0.5, 0.6) is 0 Å². The van der Waals surface area contributed by atoms with E-state index in [1.165, 1.54) is 0 Å². The van der Waals surface area contributed by atoms with Gasteiger partial charge in [-0.05, 0) is 24.3 Å². The minimum Gasteiger partial charge on any atom is -0.352 e. The number of rotatable bonds is 8. The third kappa shape index (κ3) is 6.56. The van der Waals surface area contributed by atoms with Crippen LogP contribution in [-0.2, 0) is 20.8 Å². The molecule has 7 nitrogen and oxygen atoms in total. The minimum absolute atomic E-state index is 0.00423. The predicted octanol–water partition coefficient (Wildman–Crippen LogP) is 0.793. The molecular weight excluding hydrogens is 368 g/mol. The van der Waals surface area contributed by atoms with Crippen molar-refractivity contribution in [2.24, 2.45) is 5.92 Å². The van der Waals surface area contributed by atoms with Crippen LogP contribution in [-0.4, -0.2) is 72.3 Å². The summed E-state index contributed by atoms with van der Waals surface area (Å²) in [5.41, 5.74) is 0.929. The fourth-order valence-electron chi connectivity index (χ4n) is 3.55. The quantitative estimate of drug-likeness (QED) is 0.676. The van der Waals surface area contributed by atoms with Gasteiger partial charge in [0.2, 0.25) is 17.7 Å². The average molecular weight is 401 g/mol. The molecule has 1 saturated heterocycles. The molecule has 1 aromatic rings. The molecule has 0 spiro atoms. The largest absolute Gasteiger partial charge is 0.352 e. The molecule has 1 atom stereocenters. The van der Waals surface area contributed by atoms with E-state index in [-0.39, 0.29) is 30.1 Å². The van der Waals surface area contributed by atoms with Crippen molar-refractivity contribution in [3.63, 3.8) is 0 Å². The van der Waals surface area contributed by atoms with E-state index >= 15 is 0 Å². The summed E-state index contributed by atoms with van der Waals surface area (Å²) in [6, 6.07) is 9.37. The van der Waals surface area contributed by atoms with Crippen molar-refractivity contribution in [1.29, 1.82) is 0 Å². The third-order valence-electron chi connectivity index (χ3n) is 5.45. The summed E-state index contributed by atoms with van der Waals surface area (Å²) >= 11 is 0. The maximum Gasteiger partial charge on any atom is 0.245 e. The molecule has 1 heterocycles. The molecule has 2 N–H and O–H groups in total. The van der Waals surface area contributed by atoms with Gasteiger partial charge in [0.25, 0.3) is 0 Å². The molecule has 0 bridgehead atoms. The number of nitrogens with zero attached hydrogens (tertiary/aromatic N) is 2. The molecular formula is C22H32N4O3. The van der Waals surface area contributed by atoms with E-state index in [0.717, 1.165) is 18.4 Å². The minimum atomic E-state index is -0.532. The highest BCUT2D eigenvalue weighted by Crippen LogP contribution is 2.18. The Labute approximate surface area is 172 Å². The van der Waals surface area contributed by atoms with Crippen molar-refractivity contribution in [3.8, 4) is 0 Å². The molecule has 0 radical (unpaired) electrons. The van der Waals surface area contributed by atoms with E-state index in [4.69, 9.17) is 0 Å². The topological polar surface area (TPSA) is 81.8 Å². The Balaban J connectivity index is 1.47. The molecule has 1 aromatic carbocycles. The summed E-state index contributed by atoms with van der Waals surface area (Å²) in [7, 11) is 0. The summed E-state index contributed by atoms with van der Waals surface area (Å²) in [6.07, 6.45) is 2.43. The highest BCUT2D eigenvalue weighted by molar-refractivity contribution is 5.88. The third-order valence-corrected chi connectivity index (χ3v) is 5.45. The van der Waals surface area contributed by atoms with Gasteiger partial charge in [-0.25, -0.2) is 0 Å². The van der Waals surface area contributed by atoms with Gasteiger partial charge in [0.05, 0.1) is 13.0 Å². The SMILES string of the molecule is CC(C)[C@@H](NC(=O)Cc1ccccc1)C(=O)N1CCN(CC(=O)NC2CC2)CC1. The van der Waals surface area contributed by atoms with E-state index in [1.807, 2.05) is 49.1 Å². The van der Waals surface area contributed by atoms with Gasteiger partial charge in [0.1, 0.15) is 6.04 Å². The van der Waals surface area contributed by atoms with E-state index in [9.17, 15) is 14.4 Å². The Bertz CT molecular complexity index is 710. The molecule has 3 rings (SSSR count). The molecule has 1 aliphatic carbocycles. The van der Waals surface area contributed by atoms with Gasteiger partial charge in [-0.1, -0.05) is 44.2 Å². The van der Waals surface area contributed by atoms with Gasteiger partial charge in [-0.2, -0.15) is 0 Å². The summed E-state index contributed by atoms with van der Waals surface area (Å²) in [5.74, 6) is -0.104. The first-order valence-electron chi connectivity index (χ1n) is 10.6. The van der Waals surface area contributed by atoms with Crippen molar-refractivity contribution in [1.82, 2.24) is 20.4 Å². The van der Waals surface area contributed by atoms with Crippen LogP contribution in [0.4, 0.5) is 0 Å². The molecule has 1 saturated carbocycles. The number of hydrogen-bond donors (Lipinski definition) is 2. The monoisotopic (exact) mass is 400 g/mol. The van der Waals surface area contributed by atoms with Crippen LogP contribution in [0.3, 0.4) is 0 Å². The number of hydrogen-bond acceptors (Lipinski definition) is 4. The maximum atomic E-state index is 13.0. The van der Waals surface area contributed by atoms with Gasteiger partial charge >= 0.3 is 0 Å². The molecule has 0 unspecified atom stereocenters. The second-order valence-corrected chi connectivity index (χ2v) is 8.39. The van der Waals surface area contributed by atoms with Gasteiger partial charge in [-0.15, -0.1) is 0 Å². The molecule has 3 amide bonds. The molecule has 0 aromatic heterocycles. The number of amides is 3. The summed E-state index contributed by atoms with van der Waals surface area (Å²) < 4.78 is 0. The maximum absolute atomic E-state index is 13.0. The summed E-state index contributed by atoms with van der Waals surface area (Å²) in [4.78, 5) is 41.3. The van der Waals surface area contributed by atoms with Crippen LogP contribution in [0.25, 0.3) is 0 Å². The first kappa shape index (κ1) is 21.3. The Morgan fingerprint density at radius 1 is 1.00 bits per heavy atom. The smallest absolute Gasteiger partial charge is 0.245 e. The number of carbonyl (C=O) groups is 3. The highest BCUT2D eigenvalue weighted by Gasteiger charge is 2.31. The molecule has 1 aliphatic heterocycles. The van der Waals surface area contributed by atoms with E-state index in [1.54, 1.807) is 0 Å². The lowest BCUT2D eigenvalue weighted by Gasteiger charge is -2.37. The van der Waals surface area contributed by atoms with E-state index in [0.29, 0.717) is 38.8 Å². The average Bonchev–Trinajstić information content (AvgIpc) is 3.50. The first-order valence-corrected chi connectivity index (χ1v) is 10.6. The van der Waals surface area contributed by atoms with Crippen molar-refractivity contribution >= 4 is 17.7 Å². The zero-order chi connectivity index (χ0) is 20.8. The lowest BCUT2D eigenvalue weighted by Crippen LogP contribution is -2.57. The fourth-order valence-corrected chi connectivity index (χ4v) is 3.55. The van der Waals surface area contributed by atoms with Crippen molar-refractivity contribution in [3.05, 3.63) is 35.9 Å². The van der Waals surface area contributed by atoms with Crippen LogP contribution in [0.1, 0.15) is 32.3 Å². The van der Waals surface area contributed by atoms with Gasteiger partial charge in [0.15, 0.2) is 0 Å². The lowest BCUT2D eigenvalue weighted by atomic mass is 10.0. The zero-order valence-corrected chi connectivity index (χ0v) is 17.4. The number of nitrogens with one attached hydrogen (secondary N) is 2. The Kier molecular flexibility index (Phi) is 7.25. The highest BCUT2D eigenvalue weighted by atomic mass is 16.2. The standard InChI is InChI=1S/C22H32N4O3/c1-16(2)21(24-19(27)14-17-6-4-3-5-7-17)22(29)26-12-10-25(11-13-26)15-20(28)23-18-8-9-18/h3-7,16,18,21H,8-15H2,1-2H3,(H,23,28)(H,24,27)/t21-/m1/s1. The number of carbonyl (C=O) groups excluding carboxylic acids is 3. The first-order chi connectivity index (χ1) is 13.9. The second-order valence-electron chi connectivity index (χ2n) is 8.39. The van der Waals surface area contributed by atoms with Gasteiger partial charge < -0.3 is 15.5 Å². The van der Waals surface area contributed by atoms with Crippen LogP contribution in [0.15, 0.2) is 30.3 Å². The molecule has 2 aliphatic rings. The Morgan fingerprint density at radius 2 is 1.66 bits per heavy atom. The Hall–Kier alpha value is -2.41. The number of piperazine rings is 1. The van der Waals surface area contributed by atoms with E-state index < -0.39 is 6.04 Å². The van der Waals surface area contributed by atoms with Crippen LogP contribution >= 0.6 is 0 Å².